The van der Waals surface area contributed by atoms with Gasteiger partial charge in [-0.15, -0.1) is 16.8 Å². The predicted octanol–water partition coefficient (Wildman–Crippen LogP) is 3.68. The summed E-state index contributed by atoms with van der Waals surface area (Å²) in [5.41, 5.74) is -0.372. The van der Waals surface area contributed by atoms with Gasteiger partial charge in [0.25, 0.3) is 0 Å². The average molecular weight is 373 g/mol. The molecular weight excluding hydrogens is 350 g/mol. The number of fused-ring (bicyclic) bond motifs is 1. The third kappa shape index (κ3) is 3.93. The number of ketones is 1. The van der Waals surface area contributed by atoms with Crippen LogP contribution in [0.2, 0.25) is 0 Å². The Kier molecular flexibility index (Phi) is 5.36. The number of ether oxygens (including phenoxy) is 2. The van der Waals surface area contributed by atoms with Crippen LogP contribution in [0.3, 0.4) is 0 Å². The number of carbonyl (C=O) groups is 1. The molecule has 0 N–H and O–H groups in total. The number of allylic oxidation sites excluding steroid dienone is 1. The van der Waals surface area contributed by atoms with Crippen LogP contribution in [-0.2, 0) is 11.3 Å². The van der Waals surface area contributed by atoms with E-state index < -0.39 is 0 Å². The molecule has 7 heteroatoms. The molecule has 0 bridgehead atoms. The molecule has 0 radical (unpaired) electrons. The normalized spacial score (nSPS) is 16.3. The van der Waals surface area contributed by atoms with E-state index in [9.17, 15) is 4.79 Å². The maximum absolute atomic E-state index is 12.2. The predicted molar refractivity (Wildman–Crippen MR) is 101 cm³/mol. The molecule has 138 valence electrons. The van der Waals surface area contributed by atoms with Crippen LogP contribution in [0.1, 0.15) is 32.7 Å². The van der Waals surface area contributed by atoms with Gasteiger partial charge >= 0.3 is 0 Å². The first-order valence-corrected chi connectivity index (χ1v) is 9.47. The molecule has 0 fully saturated rings. The molecule has 6 nitrogen and oxygen atoms in total. The van der Waals surface area contributed by atoms with E-state index in [-0.39, 0.29) is 17.3 Å². The van der Waals surface area contributed by atoms with Crippen LogP contribution in [0.15, 0.2) is 42.1 Å². The highest BCUT2D eigenvalue weighted by atomic mass is 32.2. The van der Waals surface area contributed by atoms with E-state index in [0.29, 0.717) is 35.6 Å². The molecule has 1 atom stereocenters. The number of para-hydroxylation sites is 2. The Bertz CT molecular complexity index is 811. The first-order valence-electron chi connectivity index (χ1n) is 8.48. The Morgan fingerprint density at radius 1 is 1.35 bits per heavy atom. The van der Waals surface area contributed by atoms with Gasteiger partial charge in [0.2, 0.25) is 0 Å². The summed E-state index contributed by atoms with van der Waals surface area (Å²) >= 11 is 1.39. The van der Waals surface area contributed by atoms with Crippen LogP contribution < -0.4 is 9.47 Å². The topological polar surface area (TPSA) is 66.2 Å². The molecule has 1 unspecified atom stereocenters. The van der Waals surface area contributed by atoms with Crippen molar-refractivity contribution in [2.24, 2.45) is 5.41 Å². The van der Waals surface area contributed by atoms with Crippen molar-refractivity contribution >= 4 is 17.5 Å². The van der Waals surface area contributed by atoms with Gasteiger partial charge in [-0.1, -0.05) is 50.7 Å². The van der Waals surface area contributed by atoms with Crippen molar-refractivity contribution in [1.29, 1.82) is 0 Å². The molecule has 3 rings (SSSR count). The molecule has 1 aliphatic heterocycles. The second-order valence-corrected chi connectivity index (χ2v) is 8.01. The molecule has 1 aliphatic rings. The minimum absolute atomic E-state index is 0.170. The molecular formula is C19H23N3O3S. The molecule has 2 heterocycles. The van der Waals surface area contributed by atoms with Crippen LogP contribution in [-0.4, -0.2) is 32.9 Å². The van der Waals surface area contributed by atoms with Crippen molar-refractivity contribution in [2.75, 3.05) is 12.4 Å². The minimum atomic E-state index is -0.372. The summed E-state index contributed by atoms with van der Waals surface area (Å²) in [5, 5.41) is 9.24. The number of carbonyl (C=O) groups excluding carboxylic acids is 1. The Balaban J connectivity index is 1.79. The lowest BCUT2D eigenvalue weighted by molar-refractivity contribution is -0.123. The SMILES string of the molecule is C=CCn1c(SCC(=O)C(C)(C)C)nnc1C1COc2ccccc2O1. The minimum Gasteiger partial charge on any atom is -0.485 e. The maximum Gasteiger partial charge on any atom is 0.192 e. The van der Waals surface area contributed by atoms with E-state index in [2.05, 4.69) is 16.8 Å². The standard InChI is InChI=1S/C19H23N3O3S/c1-5-10-22-17(15-11-24-13-8-6-7-9-14(13)25-15)20-21-18(22)26-12-16(23)19(2,3)4/h5-9,15H,1,10-12H2,2-4H3. The van der Waals surface area contributed by atoms with Crippen molar-refractivity contribution in [3.8, 4) is 11.5 Å². The Labute approximate surface area is 157 Å². The highest BCUT2D eigenvalue weighted by Crippen LogP contribution is 2.36. The molecule has 1 aromatic carbocycles. The molecule has 26 heavy (non-hydrogen) atoms. The molecule has 2 aromatic rings. The number of nitrogens with zero attached hydrogens (tertiary/aromatic N) is 3. The maximum atomic E-state index is 12.2. The molecule has 0 amide bonds. The third-order valence-corrected chi connectivity index (χ3v) is 4.99. The first-order chi connectivity index (χ1) is 12.4. The molecule has 0 aliphatic carbocycles. The van der Waals surface area contributed by atoms with Crippen molar-refractivity contribution in [1.82, 2.24) is 14.8 Å². The van der Waals surface area contributed by atoms with Gasteiger partial charge in [0.05, 0.1) is 5.75 Å². The van der Waals surface area contributed by atoms with Crippen molar-refractivity contribution in [2.45, 2.75) is 38.6 Å². The van der Waals surface area contributed by atoms with Crippen molar-refractivity contribution in [3.63, 3.8) is 0 Å². The molecule has 1 aromatic heterocycles. The number of thioether (sulfide) groups is 1. The summed E-state index contributed by atoms with van der Waals surface area (Å²) in [4.78, 5) is 12.2. The van der Waals surface area contributed by atoms with E-state index in [0.717, 1.165) is 5.75 Å². The van der Waals surface area contributed by atoms with E-state index in [1.165, 1.54) is 11.8 Å². The lowest BCUT2D eigenvalue weighted by Gasteiger charge is -2.26. The van der Waals surface area contributed by atoms with Gasteiger partial charge < -0.3 is 9.47 Å². The number of aromatic nitrogens is 3. The monoisotopic (exact) mass is 373 g/mol. The van der Waals surface area contributed by atoms with E-state index in [1.807, 2.05) is 49.6 Å². The fourth-order valence-electron chi connectivity index (χ4n) is 2.44. The quantitative estimate of drug-likeness (QED) is 0.568. The summed E-state index contributed by atoms with van der Waals surface area (Å²) in [6, 6.07) is 7.55. The second kappa shape index (κ2) is 7.53. The highest BCUT2D eigenvalue weighted by Gasteiger charge is 2.29. The van der Waals surface area contributed by atoms with Gasteiger partial charge in [0.15, 0.2) is 28.6 Å². The summed E-state index contributed by atoms with van der Waals surface area (Å²) in [7, 11) is 0. The molecule has 0 spiro atoms. The van der Waals surface area contributed by atoms with Crippen LogP contribution in [0.5, 0.6) is 11.5 Å². The highest BCUT2D eigenvalue weighted by molar-refractivity contribution is 7.99. The van der Waals surface area contributed by atoms with Crippen LogP contribution in [0.25, 0.3) is 0 Å². The number of rotatable bonds is 6. The zero-order chi connectivity index (χ0) is 18.7. The zero-order valence-corrected chi connectivity index (χ0v) is 16.1. The second-order valence-electron chi connectivity index (χ2n) is 7.07. The molecule has 0 saturated heterocycles. The summed E-state index contributed by atoms with van der Waals surface area (Å²) in [5.74, 6) is 2.61. The smallest absolute Gasteiger partial charge is 0.192 e. The number of hydrogen-bond donors (Lipinski definition) is 0. The van der Waals surface area contributed by atoms with Crippen LogP contribution >= 0.6 is 11.8 Å². The van der Waals surface area contributed by atoms with E-state index in [1.54, 1.807) is 6.08 Å². The van der Waals surface area contributed by atoms with E-state index in [4.69, 9.17) is 9.47 Å². The largest absolute Gasteiger partial charge is 0.485 e. The summed E-state index contributed by atoms with van der Waals surface area (Å²) in [6.45, 7) is 10.5. The third-order valence-electron chi connectivity index (χ3n) is 4.02. The van der Waals surface area contributed by atoms with Crippen molar-refractivity contribution < 1.29 is 14.3 Å². The van der Waals surface area contributed by atoms with Gasteiger partial charge in [-0.3, -0.25) is 9.36 Å². The lowest BCUT2D eigenvalue weighted by atomic mass is 9.92. The van der Waals surface area contributed by atoms with Gasteiger partial charge in [0.1, 0.15) is 12.4 Å². The summed E-state index contributed by atoms with van der Waals surface area (Å²) in [6.07, 6.45) is 1.42. The van der Waals surface area contributed by atoms with Gasteiger partial charge in [0, 0.05) is 12.0 Å². The number of hydrogen-bond acceptors (Lipinski definition) is 6. The van der Waals surface area contributed by atoms with Crippen LogP contribution in [0, 0.1) is 5.41 Å². The number of benzene rings is 1. The first kappa shape index (κ1) is 18.5. The van der Waals surface area contributed by atoms with Gasteiger partial charge in [-0.2, -0.15) is 0 Å². The summed E-state index contributed by atoms with van der Waals surface area (Å²) < 4.78 is 13.7. The fourth-order valence-corrected chi connectivity index (χ4v) is 3.55. The zero-order valence-electron chi connectivity index (χ0n) is 15.3. The number of Topliss-reactive ketones (excluding diaryl/α,β-unsaturated/α-hetero) is 1. The molecule has 0 saturated carbocycles. The van der Waals surface area contributed by atoms with Crippen LogP contribution in [0.4, 0.5) is 0 Å². The van der Waals surface area contributed by atoms with Gasteiger partial charge in [-0.05, 0) is 12.1 Å². The Morgan fingerprint density at radius 3 is 2.77 bits per heavy atom. The Hall–Kier alpha value is -2.28. The lowest BCUT2D eigenvalue weighted by Crippen LogP contribution is -2.25. The average Bonchev–Trinajstić information content (AvgIpc) is 3.01. The van der Waals surface area contributed by atoms with Crippen molar-refractivity contribution in [3.05, 3.63) is 42.7 Å². The van der Waals surface area contributed by atoms with E-state index >= 15 is 0 Å². The van der Waals surface area contributed by atoms with Gasteiger partial charge in [-0.25, -0.2) is 0 Å². The Morgan fingerprint density at radius 2 is 2.08 bits per heavy atom. The fraction of sp³-hybridized carbons (Fsp3) is 0.421.